The zero-order valence-corrected chi connectivity index (χ0v) is 7.80. The minimum Gasteiger partial charge on any atom is -0.383 e. The van der Waals surface area contributed by atoms with Gasteiger partial charge in [0.15, 0.2) is 0 Å². The van der Waals surface area contributed by atoms with E-state index in [9.17, 15) is 0 Å². The lowest BCUT2D eigenvalue weighted by molar-refractivity contribution is 1.03. The smallest absolute Gasteiger partial charge is 0.139 e. The van der Waals surface area contributed by atoms with E-state index in [1.165, 1.54) is 6.20 Å². The van der Waals surface area contributed by atoms with E-state index in [1.807, 2.05) is 0 Å². The average molecular weight is 196 g/mol. The molecule has 0 atom stereocenters. The predicted molar refractivity (Wildman–Crippen MR) is 54.2 cm³/mol. The van der Waals surface area contributed by atoms with Crippen molar-refractivity contribution in [1.82, 2.24) is 4.98 Å². The lowest BCUT2D eigenvalue weighted by Crippen LogP contribution is -1.96. The van der Waals surface area contributed by atoms with Crippen LogP contribution in [0.3, 0.4) is 0 Å². The van der Waals surface area contributed by atoms with Crippen molar-refractivity contribution in [2.24, 2.45) is 5.73 Å². The Labute approximate surface area is 82.1 Å². The fourth-order valence-corrected chi connectivity index (χ4v) is 0.938. The minimum absolute atomic E-state index is 0.397. The maximum Gasteiger partial charge on any atom is 0.139 e. The zero-order valence-electron chi connectivity index (χ0n) is 7.05. The van der Waals surface area contributed by atoms with Gasteiger partial charge < -0.3 is 11.5 Å². The average Bonchev–Trinajstić information content (AvgIpc) is 2.11. The fourth-order valence-electron chi connectivity index (χ4n) is 0.780. The van der Waals surface area contributed by atoms with Crippen molar-refractivity contribution in [3.8, 4) is 11.8 Å². The van der Waals surface area contributed by atoms with Crippen LogP contribution in [0.1, 0.15) is 12.0 Å². The highest BCUT2D eigenvalue weighted by Gasteiger charge is 1.96. The molecule has 0 fully saturated rings. The lowest BCUT2D eigenvalue weighted by atomic mass is 10.2. The second-order valence-corrected chi connectivity index (χ2v) is 2.86. The van der Waals surface area contributed by atoms with Gasteiger partial charge in [-0.1, -0.05) is 23.4 Å². The van der Waals surface area contributed by atoms with Crippen molar-refractivity contribution in [3.63, 3.8) is 0 Å². The molecule has 0 amide bonds. The highest BCUT2D eigenvalue weighted by atomic mass is 35.5. The van der Waals surface area contributed by atoms with E-state index in [0.717, 1.165) is 0 Å². The van der Waals surface area contributed by atoms with Crippen LogP contribution in [0.4, 0.5) is 5.82 Å². The number of halogens is 1. The Kier molecular flexibility index (Phi) is 3.56. The monoisotopic (exact) mass is 195 g/mol. The van der Waals surface area contributed by atoms with Crippen molar-refractivity contribution < 1.29 is 0 Å². The fraction of sp³-hybridized carbons (Fsp3) is 0.222. The van der Waals surface area contributed by atoms with Crippen LogP contribution >= 0.6 is 11.6 Å². The van der Waals surface area contributed by atoms with Gasteiger partial charge in [0.2, 0.25) is 0 Å². The van der Waals surface area contributed by atoms with Gasteiger partial charge in [-0.2, -0.15) is 0 Å². The summed E-state index contributed by atoms with van der Waals surface area (Å²) >= 11 is 5.72. The van der Waals surface area contributed by atoms with Crippen LogP contribution in [0.5, 0.6) is 0 Å². The first-order valence-corrected chi connectivity index (χ1v) is 4.22. The molecule has 0 aliphatic carbocycles. The van der Waals surface area contributed by atoms with E-state index in [4.69, 9.17) is 23.1 Å². The van der Waals surface area contributed by atoms with Gasteiger partial charge in [0.25, 0.3) is 0 Å². The number of pyridine rings is 1. The minimum atomic E-state index is 0.397. The normalized spacial score (nSPS) is 9.08. The van der Waals surface area contributed by atoms with Crippen molar-refractivity contribution >= 4 is 17.4 Å². The number of nitrogen functional groups attached to an aromatic ring is 1. The van der Waals surface area contributed by atoms with Gasteiger partial charge in [-0.15, -0.1) is 0 Å². The Morgan fingerprint density at radius 3 is 3.00 bits per heavy atom. The molecule has 0 aromatic carbocycles. The molecule has 4 heteroatoms. The van der Waals surface area contributed by atoms with Crippen LogP contribution in [-0.2, 0) is 0 Å². The number of anilines is 1. The molecule has 0 unspecified atom stereocenters. The Morgan fingerprint density at radius 2 is 2.31 bits per heavy atom. The molecular formula is C9H10ClN3. The van der Waals surface area contributed by atoms with Crippen molar-refractivity contribution in [1.29, 1.82) is 0 Å². The summed E-state index contributed by atoms with van der Waals surface area (Å²) in [7, 11) is 0. The molecule has 1 rings (SSSR count). The maximum absolute atomic E-state index is 5.72. The third-order valence-corrected chi connectivity index (χ3v) is 1.58. The molecule has 0 saturated carbocycles. The third kappa shape index (κ3) is 2.94. The van der Waals surface area contributed by atoms with Gasteiger partial charge in [0, 0.05) is 19.2 Å². The van der Waals surface area contributed by atoms with E-state index < -0.39 is 0 Å². The molecule has 1 aromatic rings. The molecular weight excluding hydrogens is 186 g/mol. The molecule has 1 heterocycles. The summed E-state index contributed by atoms with van der Waals surface area (Å²) in [5.74, 6) is 6.12. The second kappa shape index (κ2) is 4.70. The quantitative estimate of drug-likeness (QED) is 0.658. The van der Waals surface area contributed by atoms with Crippen LogP contribution in [0.2, 0.25) is 5.02 Å². The standard InChI is InChI=1S/C9H10ClN3/c10-8-5-7(3-1-2-4-11)9(12)13-6-8/h5-6H,2,4,11H2,(H2,12,13). The van der Waals surface area contributed by atoms with Crippen LogP contribution < -0.4 is 11.5 Å². The molecule has 3 nitrogen and oxygen atoms in total. The molecule has 4 N–H and O–H groups in total. The van der Waals surface area contributed by atoms with Gasteiger partial charge in [-0.25, -0.2) is 4.98 Å². The molecule has 0 aliphatic heterocycles. The number of aromatic nitrogens is 1. The van der Waals surface area contributed by atoms with Crippen LogP contribution in [0.15, 0.2) is 12.3 Å². The third-order valence-electron chi connectivity index (χ3n) is 1.38. The predicted octanol–water partition coefficient (Wildman–Crippen LogP) is 1.02. The second-order valence-electron chi connectivity index (χ2n) is 2.43. The van der Waals surface area contributed by atoms with Crippen LogP contribution in [0, 0.1) is 11.8 Å². The summed E-state index contributed by atoms with van der Waals surface area (Å²) in [5.41, 5.74) is 11.5. The zero-order chi connectivity index (χ0) is 9.68. The van der Waals surface area contributed by atoms with Gasteiger partial charge in [0.05, 0.1) is 10.6 Å². The molecule has 0 aliphatic rings. The number of rotatable bonds is 1. The Balaban J connectivity index is 2.89. The number of hydrogen-bond acceptors (Lipinski definition) is 3. The van der Waals surface area contributed by atoms with Gasteiger partial charge in [-0.3, -0.25) is 0 Å². The summed E-state index contributed by atoms with van der Waals surface area (Å²) in [4.78, 5) is 3.87. The molecule has 13 heavy (non-hydrogen) atoms. The van der Waals surface area contributed by atoms with E-state index in [1.54, 1.807) is 6.07 Å². The number of nitrogens with zero attached hydrogens (tertiary/aromatic N) is 1. The maximum atomic E-state index is 5.72. The Morgan fingerprint density at radius 1 is 1.54 bits per heavy atom. The summed E-state index contributed by atoms with van der Waals surface area (Å²) < 4.78 is 0. The Bertz CT molecular complexity index is 352. The number of hydrogen-bond donors (Lipinski definition) is 2. The van der Waals surface area contributed by atoms with E-state index >= 15 is 0 Å². The molecule has 0 radical (unpaired) electrons. The van der Waals surface area contributed by atoms with E-state index in [0.29, 0.717) is 29.4 Å². The SMILES string of the molecule is NCCC#Cc1cc(Cl)cnc1N. The van der Waals surface area contributed by atoms with Gasteiger partial charge >= 0.3 is 0 Å². The lowest BCUT2D eigenvalue weighted by Gasteiger charge is -1.96. The van der Waals surface area contributed by atoms with Crippen LogP contribution in [0.25, 0.3) is 0 Å². The largest absolute Gasteiger partial charge is 0.383 e. The molecule has 0 spiro atoms. The molecule has 0 bridgehead atoms. The summed E-state index contributed by atoms with van der Waals surface area (Å²) in [6, 6.07) is 1.69. The Hall–Kier alpha value is -1.24. The van der Waals surface area contributed by atoms with Crippen molar-refractivity contribution in [3.05, 3.63) is 22.8 Å². The topological polar surface area (TPSA) is 64.9 Å². The highest BCUT2D eigenvalue weighted by Crippen LogP contribution is 2.13. The van der Waals surface area contributed by atoms with Crippen molar-refractivity contribution in [2.45, 2.75) is 6.42 Å². The molecule has 68 valence electrons. The molecule has 0 saturated heterocycles. The summed E-state index contributed by atoms with van der Waals surface area (Å²) in [6.45, 7) is 0.543. The summed E-state index contributed by atoms with van der Waals surface area (Å²) in [6.07, 6.45) is 2.14. The van der Waals surface area contributed by atoms with Crippen LogP contribution in [-0.4, -0.2) is 11.5 Å². The van der Waals surface area contributed by atoms with E-state index in [-0.39, 0.29) is 0 Å². The highest BCUT2D eigenvalue weighted by molar-refractivity contribution is 6.30. The van der Waals surface area contributed by atoms with E-state index in [2.05, 4.69) is 16.8 Å². The molecule has 1 aromatic heterocycles. The number of nitrogens with two attached hydrogens (primary N) is 2. The first kappa shape index (κ1) is 9.85. The first-order chi connectivity index (χ1) is 6.24. The van der Waals surface area contributed by atoms with Gasteiger partial charge in [-0.05, 0) is 6.07 Å². The van der Waals surface area contributed by atoms with Crippen molar-refractivity contribution in [2.75, 3.05) is 12.3 Å². The summed E-state index contributed by atoms with van der Waals surface area (Å²) in [5, 5.41) is 0.534. The first-order valence-electron chi connectivity index (χ1n) is 3.84. The van der Waals surface area contributed by atoms with Gasteiger partial charge in [0.1, 0.15) is 5.82 Å².